The minimum Gasteiger partial charge on any atom is -0.484 e. The quantitative estimate of drug-likeness (QED) is 0.533. The van der Waals surface area contributed by atoms with Crippen molar-refractivity contribution in [3.8, 4) is 11.5 Å². The van der Waals surface area contributed by atoms with Crippen LogP contribution in [-0.2, 0) is 9.59 Å². The molecule has 2 N–H and O–H groups in total. The van der Waals surface area contributed by atoms with Crippen molar-refractivity contribution < 1.29 is 29.0 Å². The van der Waals surface area contributed by atoms with Crippen molar-refractivity contribution in [2.45, 2.75) is 12.8 Å². The fourth-order valence-electron chi connectivity index (χ4n) is 2.43. The molecule has 0 aliphatic carbocycles. The lowest BCUT2D eigenvalue weighted by atomic mass is 10.1. The van der Waals surface area contributed by atoms with Crippen molar-refractivity contribution in [1.29, 1.82) is 0 Å². The third-order valence-corrected chi connectivity index (χ3v) is 4.54. The van der Waals surface area contributed by atoms with Gasteiger partial charge in [-0.25, -0.2) is 0 Å². The fourth-order valence-corrected chi connectivity index (χ4v) is 3.07. The van der Waals surface area contributed by atoms with E-state index in [1.165, 1.54) is 11.3 Å². The summed E-state index contributed by atoms with van der Waals surface area (Å²) in [6.45, 7) is 0.0604. The number of carboxylic acid groups (broad SMARTS) is 1. The Hall–Kier alpha value is -3.13. The summed E-state index contributed by atoms with van der Waals surface area (Å²) in [6.07, 6.45) is 2.05. The molecule has 140 valence electrons. The lowest BCUT2D eigenvalue weighted by molar-refractivity contribution is -0.137. The lowest BCUT2D eigenvalue weighted by Crippen LogP contribution is -2.29. The highest BCUT2D eigenvalue weighted by Crippen LogP contribution is 2.35. The molecule has 1 aromatic carbocycles. The summed E-state index contributed by atoms with van der Waals surface area (Å²) in [5, 5.41) is 13.0. The number of ketones is 1. The molecule has 1 aliphatic rings. The number of carboxylic acids is 1. The summed E-state index contributed by atoms with van der Waals surface area (Å²) < 4.78 is 11.0. The van der Waals surface area contributed by atoms with E-state index in [0.717, 1.165) is 4.88 Å². The predicted molar refractivity (Wildman–Crippen MR) is 99.1 cm³/mol. The van der Waals surface area contributed by atoms with Gasteiger partial charge >= 0.3 is 5.97 Å². The molecule has 2 aromatic rings. The number of aliphatic carboxylic acids is 1. The van der Waals surface area contributed by atoms with Gasteiger partial charge in [0.25, 0.3) is 5.91 Å². The monoisotopic (exact) mass is 387 g/mol. The molecule has 1 aliphatic heterocycles. The summed E-state index contributed by atoms with van der Waals surface area (Å²) in [5.74, 6) is -0.402. The van der Waals surface area contributed by atoms with Gasteiger partial charge in [-0.1, -0.05) is 6.07 Å². The normalized spacial score (nSPS) is 13.9. The Bertz CT molecular complexity index is 888. The number of allylic oxidation sites excluding steroid dienone is 1. The number of carbonyl (C=O) groups excluding carboxylic acids is 2. The van der Waals surface area contributed by atoms with Gasteiger partial charge in [-0.15, -0.1) is 11.3 Å². The summed E-state index contributed by atoms with van der Waals surface area (Å²) in [6, 6.07) is 8.56. The largest absolute Gasteiger partial charge is 0.484 e. The summed E-state index contributed by atoms with van der Waals surface area (Å²) in [5.41, 5.74) is 0.447. The lowest BCUT2D eigenvalue weighted by Gasteiger charge is -2.08. The number of rotatable bonds is 8. The molecule has 0 fully saturated rings. The summed E-state index contributed by atoms with van der Waals surface area (Å²) in [7, 11) is 0. The van der Waals surface area contributed by atoms with E-state index in [9.17, 15) is 14.4 Å². The molecule has 1 aromatic heterocycles. The van der Waals surface area contributed by atoms with Crippen LogP contribution in [0.2, 0.25) is 0 Å². The van der Waals surface area contributed by atoms with Crippen LogP contribution < -0.4 is 14.8 Å². The second-order valence-corrected chi connectivity index (χ2v) is 6.73. The summed E-state index contributed by atoms with van der Waals surface area (Å²) in [4.78, 5) is 35.4. The molecule has 0 saturated heterocycles. The van der Waals surface area contributed by atoms with Crippen LogP contribution in [0.25, 0.3) is 6.08 Å². The van der Waals surface area contributed by atoms with Crippen molar-refractivity contribution in [1.82, 2.24) is 5.32 Å². The molecule has 1 amide bonds. The molecule has 2 heterocycles. The minimum absolute atomic E-state index is 0.00134. The van der Waals surface area contributed by atoms with Crippen LogP contribution in [0, 0.1) is 0 Å². The maximum Gasteiger partial charge on any atom is 0.303 e. The molecule has 27 heavy (non-hydrogen) atoms. The van der Waals surface area contributed by atoms with Crippen LogP contribution in [0.3, 0.4) is 0 Å². The Labute approximate surface area is 159 Å². The van der Waals surface area contributed by atoms with Gasteiger partial charge in [0.15, 0.2) is 12.4 Å². The predicted octanol–water partition coefficient (Wildman–Crippen LogP) is 2.72. The molecule has 0 unspecified atom stereocenters. The Morgan fingerprint density at radius 3 is 2.89 bits per heavy atom. The molecule has 0 atom stereocenters. The van der Waals surface area contributed by atoms with E-state index in [0.29, 0.717) is 23.5 Å². The second kappa shape index (κ2) is 8.50. The molecule has 0 bridgehead atoms. The molecule has 8 heteroatoms. The second-order valence-electron chi connectivity index (χ2n) is 5.75. The third-order valence-electron chi connectivity index (χ3n) is 3.72. The third kappa shape index (κ3) is 4.95. The Morgan fingerprint density at radius 1 is 1.30 bits per heavy atom. The zero-order chi connectivity index (χ0) is 19.2. The van der Waals surface area contributed by atoms with E-state index in [-0.39, 0.29) is 37.0 Å². The number of hydrogen-bond acceptors (Lipinski definition) is 6. The minimum atomic E-state index is -0.902. The van der Waals surface area contributed by atoms with Crippen molar-refractivity contribution >= 4 is 35.1 Å². The van der Waals surface area contributed by atoms with Gasteiger partial charge in [0.05, 0.1) is 5.56 Å². The first-order valence-corrected chi connectivity index (χ1v) is 9.14. The highest BCUT2D eigenvalue weighted by atomic mass is 32.1. The van der Waals surface area contributed by atoms with E-state index in [1.54, 1.807) is 24.3 Å². The first-order chi connectivity index (χ1) is 13.0. The molecule has 0 saturated carbocycles. The van der Waals surface area contributed by atoms with Crippen LogP contribution in [0.15, 0.2) is 41.5 Å². The molecular weight excluding hydrogens is 370 g/mol. The SMILES string of the molecule is O=C(O)CCCNC(=O)COc1ccc2c(c1)O/C(=C\c1cccs1)C2=O. The van der Waals surface area contributed by atoms with Crippen LogP contribution in [0.5, 0.6) is 11.5 Å². The molecule has 7 nitrogen and oxygen atoms in total. The first-order valence-electron chi connectivity index (χ1n) is 8.26. The van der Waals surface area contributed by atoms with E-state index in [1.807, 2.05) is 17.5 Å². The van der Waals surface area contributed by atoms with E-state index in [2.05, 4.69) is 5.32 Å². The van der Waals surface area contributed by atoms with E-state index < -0.39 is 5.97 Å². The van der Waals surface area contributed by atoms with Gasteiger partial charge in [0, 0.05) is 30.0 Å². The molecule has 3 rings (SSSR count). The highest BCUT2D eigenvalue weighted by Gasteiger charge is 2.27. The van der Waals surface area contributed by atoms with Crippen LogP contribution in [0.4, 0.5) is 0 Å². The number of benzene rings is 1. The van der Waals surface area contributed by atoms with Crippen molar-refractivity contribution in [2.75, 3.05) is 13.2 Å². The Balaban J connectivity index is 1.54. The van der Waals surface area contributed by atoms with Gasteiger partial charge in [0.2, 0.25) is 5.78 Å². The van der Waals surface area contributed by atoms with Gasteiger partial charge in [-0.2, -0.15) is 0 Å². The van der Waals surface area contributed by atoms with Gasteiger partial charge in [0.1, 0.15) is 11.5 Å². The molecule has 0 spiro atoms. The van der Waals surface area contributed by atoms with Crippen LogP contribution >= 0.6 is 11.3 Å². The Morgan fingerprint density at radius 2 is 2.15 bits per heavy atom. The smallest absolute Gasteiger partial charge is 0.303 e. The standard InChI is InChI=1S/C19H17NO6S/c21-17(20-7-1-4-18(22)23)11-25-12-5-6-14-15(9-12)26-16(19(14)24)10-13-3-2-8-27-13/h2-3,5-6,8-10H,1,4,7,11H2,(H,20,21)(H,22,23)/b16-10-. The maximum absolute atomic E-state index is 12.4. The van der Waals surface area contributed by atoms with Gasteiger partial charge < -0.3 is 19.9 Å². The van der Waals surface area contributed by atoms with Gasteiger partial charge in [-0.05, 0) is 30.0 Å². The zero-order valence-corrected chi connectivity index (χ0v) is 15.1. The van der Waals surface area contributed by atoms with Crippen molar-refractivity contribution in [3.63, 3.8) is 0 Å². The zero-order valence-electron chi connectivity index (χ0n) is 14.3. The molecule has 0 radical (unpaired) electrons. The number of nitrogens with one attached hydrogen (secondary N) is 1. The number of ether oxygens (including phenoxy) is 2. The number of Topliss-reactive ketones (excluding diaryl/α,β-unsaturated/α-hetero) is 1. The molecular formula is C19H17NO6S. The number of hydrogen-bond donors (Lipinski definition) is 2. The van der Waals surface area contributed by atoms with E-state index >= 15 is 0 Å². The van der Waals surface area contributed by atoms with Crippen molar-refractivity contribution in [2.24, 2.45) is 0 Å². The maximum atomic E-state index is 12.4. The van der Waals surface area contributed by atoms with Crippen LogP contribution in [0.1, 0.15) is 28.1 Å². The Kier molecular flexibility index (Phi) is 5.87. The number of fused-ring (bicyclic) bond motifs is 1. The average Bonchev–Trinajstić information content (AvgIpc) is 3.25. The number of thiophene rings is 1. The average molecular weight is 387 g/mol. The first kappa shape index (κ1) is 18.7. The van der Waals surface area contributed by atoms with Crippen LogP contribution in [-0.4, -0.2) is 35.9 Å². The number of carbonyl (C=O) groups is 3. The summed E-state index contributed by atoms with van der Waals surface area (Å²) >= 11 is 1.50. The highest BCUT2D eigenvalue weighted by molar-refractivity contribution is 7.10. The number of amides is 1. The topological polar surface area (TPSA) is 102 Å². The van der Waals surface area contributed by atoms with Gasteiger partial charge in [-0.3, -0.25) is 14.4 Å². The van der Waals surface area contributed by atoms with E-state index in [4.69, 9.17) is 14.6 Å². The van der Waals surface area contributed by atoms with Crippen molar-refractivity contribution in [3.05, 3.63) is 51.9 Å². The fraction of sp³-hybridized carbons (Fsp3) is 0.211.